The molecule has 1 aliphatic heterocycles. The van der Waals surface area contributed by atoms with Gasteiger partial charge in [0.1, 0.15) is 13.1 Å². The number of rotatable bonds is 6. The van der Waals surface area contributed by atoms with Gasteiger partial charge in [-0.2, -0.15) is 0 Å². The first kappa shape index (κ1) is 18.6. The van der Waals surface area contributed by atoms with E-state index in [9.17, 15) is 0 Å². The summed E-state index contributed by atoms with van der Waals surface area (Å²) in [5, 5.41) is 1.65. The standard InChI is InChI=1S/C24H23Cl2N/c25-23-11-9-18(10-12-23)19(15-20-5-3-4-8-24(20)26)13-14-27-16-21-6-1-2-7-22(21)17-27/h1-12,19H,13-17H2/p+1/t19-/m0/s1. The fourth-order valence-electron chi connectivity index (χ4n) is 4.11. The average molecular weight is 397 g/mol. The van der Waals surface area contributed by atoms with Gasteiger partial charge < -0.3 is 4.90 Å². The van der Waals surface area contributed by atoms with Gasteiger partial charge in [-0.15, -0.1) is 0 Å². The highest BCUT2D eigenvalue weighted by atomic mass is 35.5. The van der Waals surface area contributed by atoms with Crippen molar-refractivity contribution in [1.82, 2.24) is 0 Å². The third kappa shape index (κ3) is 4.55. The Labute approximate surface area is 171 Å². The summed E-state index contributed by atoms with van der Waals surface area (Å²) in [5.74, 6) is 0.443. The van der Waals surface area contributed by atoms with Crippen LogP contribution in [0.3, 0.4) is 0 Å². The summed E-state index contributed by atoms with van der Waals surface area (Å²) in [6.45, 7) is 3.43. The van der Waals surface area contributed by atoms with E-state index in [-0.39, 0.29) is 0 Å². The number of hydrogen-bond acceptors (Lipinski definition) is 0. The predicted molar refractivity (Wildman–Crippen MR) is 114 cm³/mol. The molecule has 3 aromatic rings. The predicted octanol–water partition coefficient (Wildman–Crippen LogP) is 5.31. The normalized spacial score (nSPS) is 14.9. The second-order valence-electron chi connectivity index (χ2n) is 7.45. The molecule has 138 valence electrons. The SMILES string of the molecule is Clc1ccc([C@@H](CC[NH+]2Cc3ccccc3C2)Cc2ccccc2Cl)cc1. The molecule has 4 rings (SSSR count). The number of halogens is 2. The topological polar surface area (TPSA) is 4.44 Å². The van der Waals surface area contributed by atoms with Crippen LogP contribution in [-0.4, -0.2) is 6.54 Å². The van der Waals surface area contributed by atoms with E-state index >= 15 is 0 Å². The number of benzene rings is 3. The summed E-state index contributed by atoms with van der Waals surface area (Å²) < 4.78 is 0. The van der Waals surface area contributed by atoms with E-state index in [4.69, 9.17) is 23.2 Å². The van der Waals surface area contributed by atoms with Gasteiger partial charge in [-0.25, -0.2) is 0 Å². The molecule has 1 atom stereocenters. The smallest absolute Gasteiger partial charge is 0.104 e. The lowest BCUT2D eigenvalue weighted by molar-refractivity contribution is -0.921. The van der Waals surface area contributed by atoms with Gasteiger partial charge in [0.15, 0.2) is 0 Å². The summed E-state index contributed by atoms with van der Waals surface area (Å²) in [4.78, 5) is 1.65. The van der Waals surface area contributed by atoms with Gasteiger partial charge in [0.25, 0.3) is 0 Å². The van der Waals surface area contributed by atoms with Gasteiger partial charge in [0.05, 0.1) is 6.54 Å². The van der Waals surface area contributed by atoms with E-state index in [1.165, 1.54) is 22.3 Å². The van der Waals surface area contributed by atoms with E-state index in [0.717, 1.165) is 42.5 Å². The molecule has 0 saturated heterocycles. The van der Waals surface area contributed by atoms with Crippen molar-refractivity contribution in [3.8, 4) is 0 Å². The number of nitrogens with one attached hydrogen (secondary N) is 1. The Balaban J connectivity index is 1.48. The molecule has 3 aromatic carbocycles. The quantitative estimate of drug-likeness (QED) is 0.575. The Kier molecular flexibility index (Phi) is 5.83. The van der Waals surface area contributed by atoms with Crippen molar-refractivity contribution in [2.45, 2.75) is 31.8 Å². The van der Waals surface area contributed by atoms with Crippen molar-refractivity contribution < 1.29 is 4.90 Å². The van der Waals surface area contributed by atoms with Crippen LogP contribution < -0.4 is 4.90 Å². The molecule has 0 bridgehead atoms. The summed E-state index contributed by atoms with van der Waals surface area (Å²) >= 11 is 12.6. The summed E-state index contributed by atoms with van der Waals surface area (Å²) in [6, 6.07) is 25.3. The molecule has 0 fully saturated rings. The number of fused-ring (bicyclic) bond motifs is 1. The molecule has 1 nitrogen and oxygen atoms in total. The van der Waals surface area contributed by atoms with Crippen LogP contribution in [0.1, 0.15) is 34.6 Å². The van der Waals surface area contributed by atoms with Gasteiger partial charge in [-0.05, 0) is 41.7 Å². The lowest BCUT2D eigenvalue weighted by Gasteiger charge is -2.21. The first-order valence-corrected chi connectivity index (χ1v) is 10.3. The van der Waals surface area contributed by atoms with E-state index in [1.807, 2.05) is 24.3 Å². The maximum absolute atomic E-state index is 6.44. The molecule has 0 aromatic heterocycles. The van der Waals surface area contributed by atoms with Crippen LogP contribution in [0.5, 0.6) is 0 Å². The second-order valence-corrected chi connectivity index (χ2v) is 8.30. The Morgan fingerprint density at radius 3 is 2.07 bits per heavy atom. The van der Waals surface area contributed by atoms with Gasteiger partial charge in [0, 0.05) is 27.6 Å². The van der Waals surface area contributed by atoms with Gasteiger partial charge in [0.2, 0.25) is 0 Å². The molecule has 1 aliphatic rings. The van der Waals surface area contributed by atoms with Crippen LogP contribution in [0.4, 0.5) is 0 Å². The molecular weight excluding hydrogens is 373 g/mol. The molecule has 0 unspecified atom stereocenters. The van der Waals surface area contributed by atoms with Crippen molar-refractivity contribution >= 4 is 23.2 Å². The van der Waals surface area contributed by atoms with Crippen LogP contribution in [0, 0.1) is 0 Å². The maximum Gasteiger partial charge on any atom is 0.104 e. The van der Waals surface area contributed by atoms with Crippen LogP contribution in [0.25, 0.3) is 0 Å². The summed E-state index contributed by atoms with van der Waals surface area (Å²) in [6.07, 6.45) is 2.09. The zero-order chi connectivity index (χ0) is 18.6. The average Bonchev–Trinajstić information content (AvgIpc) is 3.10. The molecule has 27 heavy (non-hydrogen) atoms. The third-order valence-electron chi connectivity index (χ3n) is 5.61. The Morgan fingerprint density at radius 2 is 1.41 bits per heavy atom. The first-order valence-electron chi connectivity index (χ1n) is 9.58. The lowest BCUT2D eigenvalue weighted by Crippen LogP contribution is -3.07. The monoisotopic (exact) mass is 396 g/mol. The first-order chi connectivity index (χ1) is 13.2. The molecule has 3 heteroatoms. The highest BCUT2D eigenvalue weighted by Gasteiger charge is 2.23. The van der Waals surface area contributed by atoms with Gasteiger partial charge in [-0.3, -0.25) is 0 Å². The minimum atomic E-state index is 0.443. The minimum Gasteiger partial charge on any atom is -0.327 e. The van der Waals surface area contributed by atoms with E-state index < -0.39 is 0 Å². The van der Waals surface area contributed by atoms with Crippen LogP contribution in [0.15, 0.2) is 72.8 Å². The molecule has 0 radical (unpaired) electrons. The Bertz CT molecular complexity index is 879. The summed E-state index contributed by atoms with van der Waals surface area (Å²) in [7, 11) is 0. The van der Waals surface area contributed by atoms with E-state index in [1.54, 1.807) is 4.90 Å². The second kappa shape index (κ2) is 8.48. The molecule has 0 saturated carbocycles. The zero-order valence-corrected chi connectivity index (χ0v) is 16.8. The molecular formula is C24H24Cl2N+. The number of hydrogen-bond donors (Lipinski definition) is 1. The molecule has 0 aliphatic carbocycles. The van der Waals surface area contributed by atoms with Crippen LogP contribution in [-0.2, 0) is 19.5 Å². The molecule has 1 N–H and O–H groups in total. The molecule has 0 spiro atoms. The van der Waals surface area contributed by atoms with Crippen LogP contribution in [0.2, 0.25) is 10.0 Å². The van der Waals surface area contributed by atoms with E-state index in [2.05, 4.69) is 48.5 Å². The number of quaternary nitrogens is 1. The van der Waals surface area contributed by atoms with Gasteiger partial charge in [-0.1, -0.05) is 77.8 Å². The molecule has 0 amide bonds. The minimum absolute atomic E-state index is 0.443. The van der Waals surface area contributed by atoms with Crippen molar-refractivity contribution in [3.63, 3.8) is 0 Å². The largest absolute Gasteiger partial charge is 0.327 e. The van der Waals surface area contributed by atoms with Crippen molar-refractivity contribution in [2.75, 3.05) is 6.54 Å². The molecule has 1 heterocycles. The highest BCUT2D eigenvalue weighted by Crippen LogP contribution is 2.28. The third-order valence-corrected chi connectivity index (χ3v) is 6.23. The summed E-state index contributed by atoms with van der Waals surface area (Å²) in [5.41, 5.74) is 5.57. The van der Waals surface area contributed by atoms with Crippen molar-refractivity contribution in [2.24, 2.45) is 0 Å². The lowest BCUT2D eigenvalue weighted by atomic mass is 9.89. The van der Waals surface area contributed by atoms with Crippen molar-refractivity contribution in [3.05, 3.63) is 105 Å². The fraction of sp³-hybridized carbons (Fsp3) is 0.250. The maximum atomic E-state index is 6.44. The highest BCUT2D eigenvalue weighted by molar-refractivity contribution is 6.31. The Hall–Kier alpha value is -1.80. The van der Waals surface area contributed by atoms with Crippen LogP contribution >= 0.6 is 23.2 Å². The Morgan fingerprint density at radius 1 is 0.778 bits per heavy atom. The van der Waals surface area contributed by atoms with E-state index in [0.29, 0.717) is 5.92 Å². The zero-order valence-electron chi connectivity index (χ0n) is 15.3. The van der Waals surface area contributed by atoms with Crippen molar-refractivity contribution in [1.29, 1.82) is 0 Å². The fourth-order valence-corrected chi connectivity index (χ4v) is 4.45. The van der Waals surface area contributed by atoms with Gasteiger partial charge >= 0.3 is 0 Å².